The summed E-state index contributed by atoms with van der Waals surface area (Å²) in [4.78, 5) is 18.6. The fraction of sp³-hybridized carbons (Fsp3) is 0. The number of anilines is 2. The van der Waals surface area contributed by atoms with Gasteiger partial charge in [0.15, 0.2) is 0 Å². The number of pyridine rings is 1. The first-order valence-corrected chi connectivity index (χ1v) is 29.2. The van der Waals surface area contributed by atoms with Crippen LogP contribution < -0.4 is 15.7 Å². The van der Waals surface area contributed by atoms with Crippen molar-refractivity contribution in [1.82, 2.24) is 4.98 Å². The second-order valence-electron chi connectivity index (χ2n) is 19.0. The first-order valence-electron chi connectivity index (χ1n) is 25.9. The van der Waals surface area contributed by atoms with Crippen LogP contribution in [-0.2, 0) is 0 Å². The van der Waals surface area contributed by atoms with Gasteiger partial charge in [-0.15, -0.1) is 20.1 Å². The van der Waals surface area contributed by atoms with Crippen LogP contribution in [-0.4, -0.2) is 11.8 Å². The predicted octanol–water partition coefficient (Wildman–Crippen LogP) is 18.0. The van der Waals surface area contributed by atoms with Crippen molar-refractivity contribution in [3.05, 3.63) is 322 Å². The van der Waals surface area contributed by atoms with Gasteiger partial charge in [0.25, 0.3) is 0 Å². The molecule has 2 nitrogen and oxygen atoms in total. The molecule has 5 heteroatoms. The van der Waals surface area contributed by atoms with Gasteiger partial charge >= 0.3 is 6.85 Å². The normalized spacial score (nSPS) is 12.6. The largest absolute Gasteiger partial charge is 0.376 e. The van der Waals surface area contributed by atoms with Gasteiger partial charge in [-0.1, -0.05) is 212 Å². The molecule has 2 heterocycles. The molecule has 12 aromatic rings. The Balaban J connectivity index is 1.09. The fourth-order valence-electron chi connectivity index (χ4n) is 11.4. The van der Waals surface area contributed by atoms with E-state index in [4.69, 9.17) is 4.98 Å². The molecule has 0 atom stereocenters. The molecular weight excluding hydrogens is 956 g/mol. The summed E-state index contributed by atoms with van der Waals surface area (Å²) >= 11 is 0. The van der Waals surface area contributed by atoms with Gasteiger partial charge in [0, 0.05) is 67.2 Å². The Kier molecular flexibility index (Phi) is 12.6. The molecule has 0 saturated heterocycles. The molecule has 0 fully saturated rings. The van der Waals surface area contributed by atoms with Crippen molar-refractivity contribution in [3.8, 4) is 33.6 Å². The maximum Gasteiger partial charge on any atom is 0.328 e. The number of hydrogen-bond acceptors (Lipinski definition) is 2. The van der Waals surface area contributed by atoms with Gasteiger partial charge < -0.3 is 4.81 Å². The van der Waals surface area contributed by atoms with Crippen molar-refractivity contribution in [1.29, 1.82) is 0 Å². The van der Waals surface area contributed by atoms with E-state index in [0.717, 1.165) is 33.9 Å². The van der Waals surface area contributed by atoms with E-state index in [0.29, 0.717) is 0 Å². The third-order valence-electron chi connectivity index (χ3n) is 14.7. The van der Waals surface area contributed by atoms with Gasteiger partial charge in [0.1, 0.15) is 0 Å². The first-order chi connectivity index (χ1) is 37.7. The van der Waals surface area contributed by atoms with E-state index in [1.165, 1.54) is 61.2 Å². The number of fused-ring (bicyclic) bond motifs is 3. The highest BCUT2D eigenvalue weighted by molar-refractivity contribution is 8.34. The van der Waals surface area contributed by atoms with Gasteiger partial charge in [-0.05, 0) is 126 Å². The zero-order chi connectivity index (χ0) is 50.7. The Morgan fingerprint density at radius 3 is 1.01 bits per heavy atom. The number of rotatable bonds is 12. The van der Waals surface area contributed by atoms with Crippen LogP contribution in [0.4, 0.5) is 11.4 Å². The van der Waals surface area contributed by atoms with Gasteiger partial charge in [-0.3, -0.25) is 0 Å². The highest BCUT2D eigenvalue weighted by Gasteiger charge is 2.39. The Hall–Kier alpha value is -8.87. The summed E-state index contributed by atoms with van der Waals surface area (Å²) in [6, 6.07) is 119. The lowest BCUT2D eigenvalue weighted by Crippen LogP contribution is -2.57. The van der Waals surface area contributed by atoms with Crippen LogP contribution in [0.3, 0.4) is 0 Å². The molecule has 76 heavy (non-hydrogen) atoms. The Morgan fingerprint density at radius 2 is 0.605 bits per heavy atom. The molecule has 0 unspecified atom stereocenters. The zero-order valence-electron chi connectivity index (χ0n) is 41.9. The molecule has 1 aliphatic heterocycles. The van der Waals surface area contributed by atoms with Crippen LogP contribution in [0.1, 0.15) is 0 Å². The van der Waals surface area contributed by atoms with Gasteiger partial charge in [-0.25, -0.2) is 4.98 Å². The molecule has 1 aliphatic rings. The second-order valence-corrected chi connectivity index (χ2v) is 25.3. The molecule has 0 radical (unpaired) electrons. The molecule has 13 rings (SSSR count). The smallest absolute Gasteiger partial charge is 0.328 e. The van der Waals surface area contributed by atoms with Crippen molar-refractivity contribution in [2.75, 3.05) is 4.81 Å². The fourth-order valence-corrected chi connectivity index (χ4v) is 19.3. The monoisotopic (exact) mass is 1010 g/mol. The van der Waals surface area contributed by atoms with E-state index in [9.17, 15) is 0 Å². The third kappa shape index (κ3) is 8.17. The lowest BCUT2D eigenvalue weighted by molar-refractivity contribution is 1.23. The molecule has 1 aromatic heterocycles. The summed E-state index contributed by atoms with van der Waals surface area (Å²) in [5, 5.41) is 0. The number of aromatic nitrogens is 1. The highest BCUT2D eigenvalue weighted by Crippen LogP contribution is 2.75. The third-order valence-corrected chi connectivity index (χ3v) is 22.5. The standard InChI is InChI=1S/C71H53BN2S2/c1-8-30-56(31-9-1)72-68-48-24-22-46-66(68)67-47-23-25-49-71(67)74(72)57-52-69(54-28-26-44-64(50-54)75(58-32-10-2-11-33-58,59-34-12-3-13-35-59)60-36-14-4-15-37-60)73-70(53-57)55-29-27-45-65(51-55)76(61-38-16-5-17-39-61,62-40-18-6-19-41-62)63-42-20-7-21-43-63/h1-53H. The van der Waals surface area contributed by atoms with Crippen molar-refractivity contribution in [2.45, 2.75) is 39.2 Å². The Morgan fingerprint density at radius 1 is 0.276 bits per heavy atom. The van der Waals surface area contributed by atoms with Crippen molar-refractivity contribution >= 4 is 49.2 Å². The van der Waals surface area contributed by atoms with Crippen molar-refractivity contribution in [2.24, 2.45) is 0 Å². The summed E-state index contributed by atoms with van der Waals surface area (Å²) in [7, 11) is -3.98. The summed E-state index contributed by atoms with van der Waals surface area (Å²) in [5.41, 5.74) is 11.1. The van der Waals surface area contributed by atoms with Crippen LogP contribution in [0.15, 0.2) is 361 Å². The highest BCUT2D eigenvalue weighted by atomic mass is 32.3. The van der Waals surface area contributed by atoms with E-state index in [1.807, 2.05) is 0 Å². The number of para-hydroxylation sites is 1. The Bertz CT molecular complexity index is 3560. The van der Waals surface area contributed by atoms with Crippen LogP contribution in [0.25, 0.3) is 33.6 Å². The number of hydrogen-bond donors (Lipinski definition) is 0. The van der Waals surface area contributed by atoms with Crippen molar-refractivity contribution < 1.29 is 0 Å². The van der Waals surface area contributed by atoms with Gasteiger partial charge in [-0.2, -0.15) is 0 Å². The summed E-state index contributed by atoms with van der Waals surface area (Å²) in [6.45, 7) is -0.120. The number of benzene rings is 11. The molecule has 11 aromatic carbocycles. The minimum absolute atomic E-state index is 0.120. The molecule has 0 bridgehead atoms. The average molecular weight is 1010 g/mol. The minimum Gasteiger partial charge on any atom is -0.376 e. The zero-order valence-corrected chi connectivity index (χ0v) is 43.5. The van der Waals surface area contributed by atoms with Crippen LogP contribution in [0.5, 0.6) is 0 Å². The van der Waals surface area contributed by atoms with E-state index >= 15 is 0 Å². The number of nitrogens with zero attached hydrogens (tertiary/aromatic N) is 2. The topological polar surface area (TPSA) is 16.1 Å². The van der Waals surface area contributed by atoms with E-state index in [2.05, 4.69) is 326 Å². The maximum absolute atomic E-state index is 5.84. The molecule has 0 aliphatic carbocycles. The minimum atomic E-state index is -1.99. The van der Waals surface area contributed by atoms with Crippen LogP contribution >= 0.6 is 20.1 Å². The summed E-state index contributed by atoms with van der Waals surface area (Å²) in [6.07, 6.45) is 0. The maximum atomic E-state index is 5.84. The molecule has 0 saturated carbocycles. The lowest BCUT2D eigenvalue weighted by atomic mass is 9.46. The summed E-state index contributed by atoms with van der Waals surface area (Å²) in [5.74, 6) is 0. The molecule has 0 N–H and O–H groups in total. The Labute approximate surface area is 450 Å². The molecular formula is C71H53BN2S2. The van der Waals surface area contributed by atoms with Gasteiger partial charge in [0.2, 0.25) is 0 Å². The molecule has 362 valence electrons. The quantitative estimate of drug-likeness (QED) is 0.113. The SMILES string of the molecule is c1ccc(B2c3ccccc3-c3ccccc3N2c2cc(-c3cccc(S(c4ccccc4)(c4ccccc4)c4ccccc4)c3)nc(-c3cccc(S(c4ccccc4)(c4ccccc4)c4ccccc4)c3)c2)cc1. The van der Waals surface area contributed by atoms with Crippen LogP contribution in [0, 0.1) is 0 Å². The predicted molar refractivity (Wildman–Crippen MR) is 321 cm³/mol. The van der Waals surface area contributed by atoms with E-state index in [-0.39, 0.29) is 6.85 Å². The molecule has 0 amide bonds. The second kappa shape index (κ2) is 20.4. The molecule has 0 spiro atoms. The van der Waals surface area contributed by atoms with E-state index < -0.39 is 20.1 Å². The first kappa shape index (κ1) is 46.9. The van der Waals surface area contributed by atoms with Gasteiger partial charge in [0.05, 0.1) is 11.4 Å². The lowest BCUT2D eigenvalue weighted by Gasteiger charge is -2.42. The average Bonchev–Trinajstić information content (AvgIpc) is 3.63. The summed E-state index contributed by atoms with van der Waals surface area (Å²) < 4.78 is 0. The van der Waals surface area contributed by atoms with Crippen LogP contribution in [0.2, 0.25) is 0 Å². The van der Waals surface area contributed by atoms with E-state index in [1.54, 1.807) is 0 Å². The van der Waals surface area contributed by atoms with Crippen molar-refractivity contribution in [3.63, 3.8) is 0 Å².